The Morgan fingerprint density at radius 2 is 1.79 bits per heavy atom. The van der Waals surface area contributed by atoms with E-state index < -0.39 is 10.0 Å². The summed E-state index contributed by atoms with van der Waals surface area (Å²) in [7, 11) is -2.12. The number of rotatable bonds is 7. The van der Waals surface area contributed by atoms with Gasteiger partial charge in [-0.15, -0.1) is 0 Å². The SMILES string of the molecule is CNS(=O)(=O)c1cccc(CNC(=O)c2ccc(CSC)cc2)c1. The first-order valence-corrected chi connectivity index (χ1v) is 10.2. The van der Waals surface area contributed by atoms with E-state index in [-0.39, 0.29) is 17.3 Å². The van der Waals surface area contributed by atoms with Gasteiger partial charge in [0.25, 0.3) is 5.91 Å². The second-order valence-corrected chi connectivity index (χ2v) is 7.92. The maximum absolute atomic E-state index is 12.2. The average molecular weight is 364 g/mol. The molecule has 0 heterocycles. The van der Waals surface area contributed by atoms with E-state index in [0.29, 0.717) is 5.56 Å². The third-order valence-corrected chi connectivity index (χ3v) is 5.49. The third-order valence-electron chi connectivity index (χ3n) is 3.46. The maximum Gasteiger partial charge on any atom is 0.251 e. The van der Waals surface area contributed by atoms with Gasteiger partial charge in [0.05, 0.1) is 4.90 Å². The number of benzene rings is 2. The molecular weight excluding hydrogens is 344 g/mol. The van der Waals surface area contributed by atoms with Gasteiger partial charge in [0.15, 0.2) is 0 Å². The van der Waals surface area contributed by atoms with E-state index in [0.717, 1.165) is 11.3 Å². The Labute approximate surface area is 146 Å². The zero-order valence-corrected chi connectivity index (χ0v) is 15.2. The lowest BCUT2D eigenvalue weighted by Gasteiger charge is -2.08. The molecule has 128 valence electrons. The highest BCUT2D eigenvalue weighted by molar-refractivity contribution is 7.97. The number of hydrogen-bond donors (Lipinski definition) is 2. The van der Waals surface area contributed by atoms with Crippen molar-refractivity contribution in [3.05, 3.63) is 65.2 Å². The highest BCUT2D eigenvalue weighted by atomic mass is 32.2. The van der Waals surface area contributed by atoms with Gasteiger partial charge in [-0.25, -0.2) is 13.1 Å². The van der Waals surface area contributed by atoms with Crippen molar-refractivity contribution < 1.29 is 13.2 Å². The van der Waals surface area contributed by atoms with E-state index >= 15 is 0 Å². The molecule has 0 radical (unpaired) electrons. The van der Waals surface area contributed by atoms with E-state index in [1.165, 1.54) is 18.7 Å². The van der Waals surface area contributed by atoms with Crippen LogP contribution in [0.2, 0.25) is 0 Å². The highest BCUT2D eigenvalue weighted by Gasteiger charge is 2.12. The number of sulfonamides is 1. The summed E-state index contributed by atoms with van der Waals surface area (Å²) in [6.45, 7) is 0.262. The minimum atomic E-state index is -3.49. The monoisotopic (exact) mass is 364 g/mol. The molecule has 0 aliphatic rings. The Kier molecular flexibility index (Phi) is 6.42. The fraction of sp³-hybridized carbons (Fsp3) is 0.235. The Morgan fingerprint density at radius 1 is 1.08 bits per heavy atom. The van der Waals surface area contributed by atoms with Crippen LogP contribution in [0.15, 0.2) is 53.4 Å². The molecule has 0 aliphatic carbocycles. The topological polar surface area (TPSA) is 75.3 Å². The number of amides is 1. The number of nitrogens with one attached hydrogen (secondary N) is 2. The summed E-state index contributed by atoms with van der Waals surface area (Å²) in [5.41, 5.74) is 2.47. The molecule has 0 aromatic heterocycles. The molecule has 24 heavy (non-hydrogen) atoms. The van der Waals surface area contributed by atoms with Crippen molar-refractivity contribution in [3.8, 4) is 0 Å². The fourth-order valence-corrected chi connectivity index (χ4v) is 3.47. The van der Waals surface area contributed by atoms with Gasteiger partial charge < -0.3 is 5.32 Å². The van der Waals surface area contributed by atoms with Gasteiger partial charge in [-0.2, -0.15) is 11.8 Å². The van der Waals surface area contributed by atoms with Gasteiger partial charge in [-0.1, -0.05) is 24.3 Å². The minimum Gasteiger partial charge on any atom is -0.348 e. The van der Waals surface area contributed by atoms with Gasteiger partial charge >= 0.3 is 0 Å². The number of thioether (sulfide) groups is 1. The van der Waals surface area contributed by atoms with E-state index in [2.05, 4.69) is 10.0 Å². The predicted octanol–water partition coefficient (Wildman–Crippen LogP) is 2.39. The fourth-order valence-electron chi connectivity index (χ4n) is 2.14. The quantitative estimate of drug-likeness (QED) is 0.791. The molecule has 7 heteroatoms. The molecular formula is C17H20N2O3S2. The number of carbonyl (C=O) groups is 1. The molecule has 0 saturated heterocycles. The van der Waals surface area contributed by atoms with Crippen LogP contribution in [0, 0.1) is 0 Å². The largest absolute Gasteiger partial charge is 0.348 e. The van der Waals surface area contributed by atoms with Crippen LogP contribution in [0.25, 0.3) is 0 Å². The zero-order valence-electron chi connectivity index (χ0n) is 13.6. The normalized spacial score (nSPS) is 11.2. The van der Waals surface area contributed by atoms with Gasteiger partial charge in [0.1, 0.15) is 0 Å². The van der Waals surface area contributed by atoms with Crippen LogP contribution >= 0.6 is 11.8 Å². The smallest absolute Gasteiger partial charge is 0.251 e. The molecule has 0 fully saturated rings. The molecule has 2 N–H and O–H groups in total. The molecule has 0 atom stereocenters. The Balaban J connectivity index is 2.02. The molecule has 2 rings (SSSR count). The standard InChI is InChI=1S/C17H20N2O3S2/c1-18-24(21,22)16-5-3-4-14(10-16)11-19-17(20)15-8-6-13(7-9-15)12-23-2/h3-10,18H,11-12H2,1-2H3,(H,19,20). The van der Waals surface area contributed by atoms with Crippen molar-refractivity contribution >= 4 is 27.7 Å². The van der Waals surface area contributed by atoms with Crippen molar-refractivity contribution in [1.29, 1.82) is 0 Å². The van der Waals surface area contributed by atoms with E-state index in [1.807, 2.05) is 18.4 Å². The average Bonchev–Trinajstić information content (AvgIpc) is 2.61. The van der Waals surface area contributed by atoms with Crippen molar-refractivity contribution in [2.75, 3.05) is 13.3 Å². The van der Waals surface area contributed by atoms with Gasteiger partial charge in [0, 0.05) is 17.9 Å². The molecule has 2 aromatic carbocycles. The molecule has 5 nitrogen and oxygen atoms in total. The third kappa shape index (κ3) is 4.83. The van der Waals surface area contributed by atoms with Crippen molar-refractivity contribution in [2.45, 2.75) is 17.2 Å². The summed E-state index contributed by atoms with van der Waals surface area (Å²) in [5, 5.41) is 2.80. The van der Waals surface area contributed by atoms with Crippen molar-refractivity contribution in [3.63, 3.8) is 0 Å². The summed E-state index contributed by atoms with van der Waals surface area (Å²) in [6, 6.07) is 14.0. The first kappa shape index (κ1) is 18.5. The molecule has 0 spiro atoms. The lowest BCUT2D eigenvalue weighted by atomic mass is 10.1. The Hall–Kier alpha value is -1.83. The summed E-state index contributed by atoms with van der Waals surface area (Å²) in [4.78, 5) is 12.4. The van der Waals surface area contributed by atoms with Crippen LogP contribution in [0.3, 0.4) is 0 Å². The van der Waals surface area contributed by atoms with Crippen LogP contribution in [0.4, 0.5) is 0 Å². The second kappa shape index (κ2) is 8.32. The minimum absolute atomic E-state index is 0.179. The van der Waals surface area contributed by atoms with E-state index in [4.69, 9.17) is 0 Å². The summed E-state index contributed by atoms with van der Waals surface area (Å²) in [5.74, 6) is 0.724. The van der Waals surface area contributed by atoms with Crippen LogP contribution in [0.5, 0.6) is 0 Å². The van der Waals surface area contributed by atoms with Crippen LogP contribution in [0.1, 0.15) is 21.5 Å². The molecule has 0 unspecified atom stereocenters. The van der Waals surface area contributed by atoms with Crippen LogP contribution < -0.4 is 10.0 Å². The first-order chi connectivity index (χ1) is 11.5. The van der Waals surface area contributed by atoms with Crippen LogP contribution in [-0.2, 0) is 22.3 Å². The zero-order chi connectivity index (χ0) is 17.6. The number of carbonyl (C=O) groups excluding carboxylic acids is 1. The van der Waals surface area contributed by atoms with Gasteiger partial charge in [-0.3, -0.25) is 4.79 Å². The first-order valence-electron chi connectivity index (χ1n) is 7.35. The summed E-state index contributed by atoms with van der Waals surface area (Å²) >= 11 is 1.73. The lowest BCUT2D eigenvalue weighted by molar-refractivity contribution is 0.0951. The Bertz CT molecular complexity index is 803. The van der Waals surface area contributed by atoms with Gasteiger partial charge in [0.2, 0.25) is 10.0 Å². The molecule has 1 amide bonds. The lowest BCUT2D eigenvalue weighted by Crippen LogP contribution is -2.23. The number of hydrogen-bond acceptors (Lipinski definition) is 4. The maximum atomic E-state index is 12.2. The van der Waals surface area contributed by atoms with Crippen LogP contribution in [-0.4, -0.2) is 27.6 Å². The summed E-state index contributed by atoms with van der Waals surface area (Å²) in [6.07, 6.45) is 2.03. The molecule has 2 aromatic rings. The second-order valence-electron chi connectivity index (χ2n) is 5.17. The van der Waals surface area contributed by atoms with Crippen molar-refractivity contribution in [1.82, 2.24) is 10.0 Å². The van der Waals surface area contributed by atoms with Crippen molar-refractivity contribution in [2.24, 2.45) is 0 Å². The summed E-state index contributed by atoms with van der Waals surface area (Å²) < 4.78 is 25.9. The highest BCUT2D eigenvalue weighted by Crippen LogP contribution is 2.12. The molecule has 0 bridgehead atoms. The molecule has 0 saturated carbocycles. The van der Waals surface area contributed by atoms with E-state index in [9.17, 15) is 13.2 Å². The predicted molar refractivity (Wildman–Crippen MR) is 97.5 cm³/mol. The van der Waals surface area contributed by atoms with Gasteiger partial charge in [-0.05, 0) is 48.7 Å². The Morgan fingerprint density at radius 3 is 2.42 bits per heavy atom. The molecule has 0 aliphatic heterocycles. The van der Waals surface area contributed by atoms with E-state index in [1.54, 1.807) is 42.1 Å².